The van der Waals surface area contributed by atoms with Gasteiger partial charge in [-0.15, -0.1) is 0 Å². The number of halogens is 1. The molecule has 1 aromatic rings. The van der Waals surface area contributed by atoms with Gasteiger partial charge in [-0.25, -0.2) is 0 Å². The standard InChI is InChI=1S/C13H21BrN2/c1-3-4-9-16(10-8-14)11-13-7-5-6-12(2)15-13/h5-7H,3-4,8-11H2,1-2H3. The first-order valence-corrected chi connectivity index (χ1v) is 7.09. The third-order valence-electron chi connectivity index (χ3n) is 2.56. The third-order valence-corrected chi connectivity index (χ3v) is 2.91. The normalized spacial score (nSPS) is 11.0. The van der Waals surface area contributed by atoms with Crippen molar-refractivity contribution in [3.8, 4) is 0 Å². The summed E-state index contributed by atoms with van der Waals surface area (Å²) in [5, 5.41) is 1.03. The second-order valence-electron chi connectivity index (χ2n) is 4.09. The van der Waals surface area contributed by atoms with E-state index in [2.05, 4.69) is 44.9 Å². The van der Waals surface area contributed by atoms with Crippen LogP contribution in [0.3, 0.4) is 0 Å². The zero-order valence-corrected chi connectivity index (χ0v) is 11.8. The number of unbranched alkanes of at least 4 members (excludes halogenated alkanes) is 1. The van der Waals surface area contributed by atoms with Gasteiger partial charge in [0, 0.05) is 24.1 Å². The van der Waals surface area contributed by atoms with Crippen LogP contribution in [0.15, 0.2) is 18.2 Å². The molecule has 0 amide bonds. The van der Waals surface area contributed by atoms with Crippen molar-refractivity contribution in [2.75, 3.05) is 18.4 Å². The molecule has 0 unspecified atom stereocenters. The van der Waals surface area contributed by atoms with Crippen molar-refractivity contribution in [1.29, 1.82) is 0 Å². The molecule has 0 aliphatic heterocycles. The Labute approximate surface area is 107 Å². The lowest BCUT2D eigenvalue weighted by molar-refractivity contribution is 0.275. The Morgan fingerprint density at radius 3 is 2.75 bits per heavy atom. The summed E-state index contributed by atoms with van der Waals surface area (Å²) >= 11 is 3.51. The fourth-order valence-corrected chi connectivity index (χ4v) is 2.19. The topological polar surface area (TPSA) is 16.1 Å². The van der Waals surface area contributed by atoms with Crippen LogP contribution in [0, 0.1) is 6.92 Å². The van der Waals surface area contributed by atoms with Crippen molar-refractivity contribution >= 4 is 15.9 Å². The summed E-state index contributed by atoms with van der Waals surface area (Å²) in [6.45, 7) is 7.50. The summed E-state index contributed by atoms with van der Waals surface area (Å²) in [5.41, 5.74) is 2.28. The van der Waals surface area contributed by atoms with E-state index in [9.17, 15) is 0 Å². The minimum absolute atomic E-state index is 0.966. The van der Waals surface area contributed by atoms with Crippen molar-refractivity contribution in [3.05, 3.63) is 29.6 Å². The predicted molar refractivity (Wildman–Crippen MR) is 73.0 cm³/mol. The van der Waals surface area contributed by atoms with Crippen LogP contribution in [0.4, 0.5) is 0 Å². The van der Waals surface area contributed by atoms with Gasteiger partial charge < -0.3 is 0 Å². The number of aryl methyl sites for hydroxylation is 1. The molecule has 0 saturated carbocycles. The molecule has 0 radical (unpaired) electrons. The zero-order valence-electron chi connectivity index (χ0n) is 10.2. The van der Waals surface area contributed by atoms with E-state index in [1.54, 1.807) is 0 Å². The molecule has 0 aliphatic carbocycles. The van der Waals surface area contributed by atoms with Crippen molar-refractivity contribution in [3.63, 3.8) is 0 Å². The Morgan fingerprint density at radius 1 is 1.31 bits per heavy atom. The summed E-state index contributed by atoms with van der Waals surface area (Å²) < 4.78 is 0. The molecule has 1 aromatic heterocycles. The second kappa shape index (κ2) is 7.80. The van der Waals surface area contributed by atoms with E-state index in [1.165, 1.54) is 18.5 Å². The van der Waals surface area contributed by atoms with Crippen molar-refractivity contribution in [1.82, 2.24) is 9.88 Å². The molecule has 0 atom stereocenters. The Bertz CT molecular complexity index is 302. The minimum atomic E-state index is 0.966. The Morgan fingerprint density at radius 2 is 2.12 bits per heavy atom. The number of alkyl halides is 1. The van der Waals surface area contributed by atoms with Crippen LogP contribution in [0.25, 0.3) is 0 Å². The maximum atomic E-state index is 4.55. The molecule has 90 valence electrons. The third kappa shape index (κ3) is 5.08. The van der Waals surface area contributed by atoms with E-state index in [-0.39, 0.29) is 0 Å². The minimum Gasteiger partial charge on any atom is -0.297 e. The van der Waals surface area contributed by atoms with Gasteiger partial charge in [-0.2, -0.15) is 0 Å². The van der Waals surface area contributed by atoms with Crippen molar-refractivity contribution in [2.24, 2.45) is 0 Å². The molecule has 0 N–H and O–H groups in total. The summed E-state index contributed by atoms with van der Waals surface area (Å²) in [5.74, 6) is 0. The van der Waals surface area contributed by atoms with E-state index in [0.29, 0.717) is 0 Å². The van der Waals surface area contributed by atoms with Gasteiger partial charge in [0.1, 0.15) is 0 Å². The van der Waals surface area contributed by atoms with Crippen molar-refractivity contribution in [2.45, 2.75) is 33.2 Å². The highest BCUT2D eigenvalue weighted by Gasteiger charge is 2.05. The first kappa shape index (κ1) is 13.7. The maximum absolute atomic E-state index is 4.55. The lowest BCUT2D eigenvalue weighted by Crippen LogP contribution is -2.26. The Kier molecular flexibility index (Phi) is 6.65. The maximum Gasteiger partial charge on any atom is 0.0547 e. The number of hydrogen-bond donors (Lipinski definition) is 0. The summed E-state index contributed by atoms with van der Waals surface area (Å²) in [7, 11) is 0. The van der Waals surface area contributed by atoms with E-state index in [1.807, 2.05) is 13.0 Å². The van der Waals surface area contributed by atoms with Gasteiger partial charge in [-0.1, -0.05) is 35.3 Å². The molecule has 0 fully saturated rings. The van der Waals surface area contributed by atoms with Crippen LogP contribution in [-0.4, -0.2) is 28.3 Å². The van der Waals surface area contributed by atoms with Gasteiger partial charge in [0.15, 0.2) is 0 Å². The van der Waals surface area contributed by atoms with Gasteiger partial charge in [0.05, 0.1) is 5.69 Å². The molecule has 1 heterocycles. The smallest absolute Gasteiger partial charge is 0.0547 e. The van der Waals surface area contributed by atoms with Crippen LogP contribution in [0.2, 0.25) is 0 Å². The Balaban J connectivity index is 2.52. The van der Waals surface area contributed by atoms with Crippen LogP contribution in [0.5, 0.6) is 0 Å². The second-order valence-corrected chi connectivity index (χ2v) is 4.88. The summed E-state index contributed by atoms with van der Waals surface area (Å²) in [4.78, 5) is 7.00. The SMILES string of the molecule is CCCCN(CCBr)Cc1cccc(C)n1. The monoisotopic (exact) mass is 284 g/mol. The molecule has 0 saturated heterocycles. The molecule has 3 heteroatoms. The average Bonchev–Trinajstić information content (AvgIpc) is 2.26. The molecule has 0 aliphatic rings. The van der Waals surface area contributed by atoms with Gasteiger partial charge in [-0.3, -0.25) is 9.88 Å². The number of nitrogens with zero attached hydrogens (tertiary/aromatic N) is 2. The highest BCUT2D eigenvalue weighted by atomic mass is 79.9. The molecule has 2 nitrogen and oxygen atoms in total. The van der Waals surface area contributed by atoms with Crippen LogP contribution < -0.4 is 0 Å². The largest absolute Gasteiger partial charge is 0.297 e. The highest BCUT2D eigenvalue weighted by Crippen LogP contribution is 2.05. The van der Waals surface area contributed by atoms with Crippen LogP contribution in [-0.2, 0) is 6.54 Å². The number of rotatable bonds is 7. The molecular weight excluding hydrogens is 264 g/mol. The first-order chi connectivity index (χ1) is 7.76. The Hall–Kier alpha value is -0.410. The fourth-order valence-electron chi connectivity index (χ4n) is 1.69. The van der Waals surface area contributed by atoms with Crippen LogP contribution >= 0.6 is 15.9 Å². The van der Waals surface area contributed by atoms with E-state index in [0.717, 1.165) is 30.7 Å². The van der Waals surface area contributed by atoms with Gasteiger partial charge >= 0.3 is 0 Å². The molecule has 16 heavy (non-hydrogen) atoms. The fraction of sp³-hybridized carbons (Fsp3) is 0.615. The highest BCUT2D eigenvalue weighted by molar-refractivity contribution is 9.09. The molecular formula is C13H21BrN2. The summed E-state index contributed by atoms with van der Waals surface area (Å²) in [6.07, 6.45) is 2.51. The zero-order chi connectivity index (χ0) is 11.8. The molecule has 0 aromatic carbocycles. The number of pyridine rings is 1. The van der Waals surface area contributed by atoms with Gasteiger partial charge in [-0.05, 0) is 32.0 Å². The molecule has 0 spiro atoms. The van der Waals surface area contributed by atoms with Gasteiger partial charge in [0.25, 0.3) is 0 Å². The average molecular weight is 285 g/mol. The van der Waals surface area contributed by atoms with E-state index >= 15 is 0 Å². The lowest BCUT2D eigenvalue weighted by Gasteiger charge is -2.20. The first-order valence-electron chi connectivity index (χ1n) is 5.97. The number of aromatic nitrogens is 1. The van der Waals surface area contributed by atoms with Crippen molar-refractivity contribution < 1.29 is 0 Å². The summed E-state index contributed by atoms with van der Waals surface area (Å²) in [6, 6.07) is 6.24. The van der Waals surface area contributed by atoms with E-state index < -0.39 is 0 Å². The lowest BCUT2D eigenvalue weighted by atomic mass is 10.2. The quantitative estimate of drug-likeness (QED) is 0.714. The molecule has 0 bridgehead atoms. The number of hydrogen-bond acceptors (Lipinski definition) is 2. The van der Waals surface area contributed by atoms with E-state index in [4.69, 9.17) is 0 Å². The molecule has 1 rings (SSSR count). The van der Waals surface area contributed by atoms with Crippen LogP contribution in [0.1, 0.15) is 31.2 Å². The van der Waals surface area contributed by atoms with Gasteiger partial charge in [0.2, 0.25) is 0 Å². The predicted octanol–water partition coefficient (Wildman–Crippen LogP) is 3.39.